The molecule has 0 saturated carbocycles. The lowest BCUT2D eigenvalue weighted by Gasteiger charge is -2.44. The summed E-state index contributed by atoms with van der Waals surface area (Å²) in [6.45, 7) is 16.0. The molecular formula is C13H32N2O3P+. The van der Waals surface area contributed by atoms with Crippen molar-refractivity contribution in [2.45, 2.75) is 85.5 Å². The Morgan fingerprint density at radius 3 is 0.895 bits per heavy atom. The van der Waals surface area contributed by atoms with Gasteiger partial charge in [0.05, 0.1) is 0 Å². The fourth-order valence-electron chi connectivity index (χ4n) is 2.77. The van der Waals surface area contributed by atoms with E-state index in [2.05, 4.69) is 0 Å². The molecule has 0 saturated heterocycles. The molecule has 0 fully saturated rings. The number of rotatable bonds is 7. The Kier molecular flexibility index (Phi) is 7.39. The molecule has 3 N–H and O–H groups in total. The van der Waals surface area contributed by atoms with Gasteiger partial charge in [0.25, 0.3) is 5.91 Å². The summed E-state index contributed by atoms with van der Waals surface area (Å²) in [5, 5.41) is 0. The predicted molar refractivity (Wildman–Crippen MR) is 81.6 cm³/mol. The number of nitrogens with zero attached hydrogens (tertiary/aromatic N) is 2. The third kappa shape index (κ3) is 5.25. The van der Waals surface area contributed by atoms with Crippen LogP contribution in [0, 0.1) is 0 Å². The first-order valence-electron chi connectivity index (χ1n) is 7.03. The summed E-state index contributed by atoms with van der Waals surface area (Å²) in [4.78, 5) is 33.8. The van der Waals surface area contributed by atoms with Gasteiger partial charge >= 0.3 is 7.94 Å². The predicted octanol–water partition coefficient (Wildman–Crippen LogP) is 2.25. The van der Waals surface area contributed by atoms with Crippen LogP contribution >= 0.6 is 7.94 Å². The summed E-state index contributed by atoms with van der Waals surface area (Å²) in [5.41, 5.74) is 0. The topological polar surface area (TPSA) is 67.2 Å². The van der Waals surface area contributed by atoms with Gasteiger partial charge in [-0.15, -0.1) is 0 Å². The molecule has 0 aromatic heterocycles. The van der Waals surface area contributed by atoms with Gasteiger partial charge in [-0.05, 0) is 55.4 Å². The first kappa shape index (κ1) is 19.2. The molecule has 0 aromatic rings. The highest BCUT2D eigenvalue weighted by Gasteiger charge is 2.53. The van der Waals surface area contributed by atoms with E-state index in [-0.39, 0.29) is 24.2 Å². The van der Waals surface area contributed by atoms with Crippen LogP contribution in [0.3, 0.4) is 0 Å². The van der Waals surface area contributed by atoms with Gasteiger partial charge in [0.2, 0.25) is 0 Å². The maximum absolute atomic E-state index is 9.95. The SMILES string of the molecule is CC(C)N(C(C)C)C(N(C(C)C)C(C)C)[P+](O)(O)O. The van der Waals surface area contributed by atoms with Crippen molar-refractivity contribution in [3.05, 3.63) is 0 Å². The van der Waals surface area contributed by atoms with E-state index in [0.717, 1.165) is 0 Å². The second-order valence-corrected chi connectivity index (χ2v) is 7.92. The Morgan fingerprint density at radius 1 is 0.579 bits per heavy atom. The average Bonchev–Trinajstić information content (AvgIpc) is 2.12. The van der Waals surface area contributed by atoms with Crippen LogP contribution in [0.15, 0.2) is 0 Å². The second kappa shape index (κ2) is 7.30. The van der Waals surface area contributed by atoms with Crippen LogP contribution < -0.4 is 0 Å². The minimum atomic E-state index is -4.00. The molecule has 0 aliphatic heterocycles. The molecule has 19 heavy (non-hydrogen) atoms. The second-order valence-electron chi connectivity index (χ2n) is 6.23. The van der Waals surface area contributed by atoms with Crippen LogP contribution in [-0.2, 0) is 0 Å². The highest BCUT2D eigenvalue weighted by atomic mass is 31.2. The lowest BCUT2D eigenvalue weighted by molar-refractivity contribution is -0.00809. The highest BCUT2D eigenvalue weighted by Crippen LogP contribution is 2.54. The monoisotopic (exact) mass is 295 g/mol. The first-order chi connectivity index (χ1) is 8.41. The van der Waals surface area contributed by atoms with E-state index >= 15 is 0 Å². The molecule has 6 heteroatoms. The van der Waals surface area contributed by atoms with Gasteiger partial charge in [0, 0.05) is 24.2 Å². The molecule has 5 nitrogen and oxygen atoms in total. The minimum Gasteiger partial charge on any atom is -0.244 e. The van der Waals surface area contributed by atoms with Crippen LogP contribution in [-0.4, -0.2) is 54.6 Å². The van der Waals surface area contributed by atoms with Crippen molar-refractivity contribution in [3.8, 4) is 0 Å². The van der Waals surface area contributed by atoms with Crippen molar-refractivity contribution in [3.63, 3.8) is 0 Å². The van der Waals surface area contributed by atoms with Gasteiger partial charge in [0.15, 0.2) is 0 Å². The maximum Gasteiger partial charge on any atom is 0.438 e. The Labute approximate surface area is 118 Å². The van der Waals surface area contributed by atoms with E-state index in [1.54, 1.807) is 0 Å². The minimum absolute atomic E-state index is 0.107. The molecule has 0 aliphatic rings. The quantitative estimate of drug-likeness (QED) is 0.496. The largest absolute Gasteiger partial charge is 0.438 e. The smallest absolute Gasteiger partial charge is 0.244 e. The lowest BCUT2D eigenvalue weighted by atomic mass is 10.2. The van der Waals surface area contributed by atoms with Crippen molar-refractivity contribution >= 4 is 7.94 Å². The molecule has 0 amide bonds. The molecule has 0 aromatic carbocycles. The number of hydrogen-bond acceptors (Lipinski definition) is 5. The fraction of sp³-hybridized carbons (Fsp3) is 1.00. The lowest BCUT2D eigenvalue weighted by Crippen LogP contribution is -2.58. The van der Waals surface area contributed by atoms with Crippen LogP contribution in [0.2, 0.25) is 0 Å². The van der Waals surface area contributed by atoms with Crippen LogP contribution in [0.25, 0.3) is 0 Å². The standard InChI is InChI=1S/C13H32N2O3P/c1-9(2)14(10(3)4)13(19(16,17)18)15(11(5)6)12(7)8/h9-13,16-18H,1-8H3/q+1. The molecule has 0 heterocycles. The van der Waals surface area contributed by atoms with Crippen molar-refractivity contribution < 1.29 is 14.7 Å². The molecule has 0 rings (SSSR count). The molecule has 0 unspecified atom stereocenters. The summed E-state index contributed by atoms with van der Waals surface area (Å²) in [7, 11) is -4.00. The van der Waals surface area contributed by atoms with E-state index in [1.165, 1.54) is 0 Å². The normalized spacial score (nSPS) is 14.2. The Hall–Kier alpha value is 0.230. The van der Waals surface area contributed by atoms with Gasteiger partial charge in [0.1, 0.15) is 0 Å². The van der Waals surface area contributed by atoms with E-state index in [1.807, 2.05) is 65.2 Å². The van der Waals surface area contributed by atoms with Gasteiger partial charge < -0.3 is 0 Å². The molecule has 116 valence electrons. The van der Waals surface area contributed by atoms with Crippen molar-refractivity contribution in [2.75, 3.05) is 0 Å². The van der Waals surface area contributed by atoms with Crippen LogP contribution in [0.5, 0.6) is 0 Å². The van der Waals surface area contributed by atoms with Gasteiger partial charge in [-0.1, -0.05) is 0 Å². The zero-order valence-electron chi connectivity index (χ0n) is 13.6. The molecule has 0 spiro atoms. The van der Waals surface area contributed by atoms with Crippen molar-refractivity contribution in [1.29, 1.82) is 0 Å². The Morgan fingerprint density at radius 2 is 0.789 bits per heavy atom. The summed E-state index contributed by atoms with van der Waals surface area (Å²) in [5.74, 6) is -0.757. The summed E-state index contributed by atoms with van der Waals surface area (Å²) >= 11 is 0. The Bertz CT molecular complexity index is 229. The molecule has 0 aliphatic carbocycles. The van der Waals surface area contributed by atoms with E-state index < -0.39 is 13.9 Å². The van der Waals surface area contributed by atoms with Gasteiger partial charge in [-0.25, -0.2) is 9.80 Å². The van der Waals surface area contributed by atoms with E-state index in [0.29, 0.717) is 0 Å². The molecule has 0 radical (unpaired) electrons. The van der Waals surface area contributed by atoms with Crippen molar-refractivity contribution in [1.82, 2.24) is 9.80 Å². The third-order valence-electron chi connectivity index (χ3n) is 3.23. The van der Waals surface area contributed by atoms with Gasteiger partial charge in [-0.2, -0.15) is 14.7 Å². The average molecular weight is 295 g/mol. The van der Waals surface area contributed by atoms with Crippen LogP contribution in [0.1, 0.15) is 55.4 Å². The zero-order chi connectivity index (χ0) is 15.5. The molecule has 0 bridgehead atoms. The van der Waals surface area contributed by atoms with E-state index in [9.17, 15) is 14.7 Å². The summed E-state index contributed by atoms with van der Waals surface area (Å²) in [6, 6.07) is 0.429. The molecule has 0 atom stereocenters. The fourth-order valence-corrected chi connectivity index (χ4v) is 4.55. The van der Waals surface area contributed by atoms with Crippen LogP contribution in [0.4, 0.5) is 0 Å². The highest BCUT2D eigenvalue weighted by molar-refractivity contribution is 7.59. The summed E-state index contributed by atoms with van der Waals surface area (Å²) in [6.07, 6.45) is 0. The van der Waals surface area contributed by atoms with E-state index in [4.69, 9.17) is 0 Å². The maximum atomic E-state index is 9.95. The third-order valence-corrected chi connectivity index (χ3v) is 4.38. The summed E-state index contributed by atoms with van der Waals surface area (Å²) < 4.78 is 0. The number of hydrogen-bond donors (Lipinski definition) is 3. The van der Waals surface area contributed by atoms with Crippen molar-refractivity contribution in [2.24, 2.45) is 0 Å². The Balaban J connectivity index is 5.65. The molecular weight excluding hydrogens is 263 g/mol. The van der Waals surface area contributed by atoms with Gasteiger partial charge in [-0.3, -0.25) is 0 Å². The first-order valence-corrected chi connectivity index (χ1v) is 8.74. The zero-order valence-corrected chi connectivity index (χ0v) is 14.5.